The average Bonchev–Trinajstić information content (AvgIpc) is 3.38. The molecule has 0 aliphatic carbocycles. The number of aromatic nitrogens is 2. The van der Waals surface area contributed by atoms with Crippen LogP contribution < -0.4 is 5.32 Å². The molecule has 0 saturated carbocycles. The predicted octanol–water partition coefficient (Wildman–Crippen LogP) is 6.45. The lowest BCUT2D eigenvalue weighted by Crippen LogP contribution is -1.94. The van der Waals surface area contributed by atoms with Crippen molar-refractivity contribution in [1.82, 2.24) is 9.97 Å². The summed E-state index contributed by atoms with van der Waals surface area (Å²) in [6.07, 6.45) is 4.40. The Hall–Kier alpha value is -3.51. The number of anilines is 2. The van der Waals surface area contributed by atoms with Crippen molar-refractivity contribution in [2.24, 2.45) is 0 Å². The molecule has 0 fully saturated rings. The molecular weight excluding hydrogens is 385 g/mol. The van der Waals surface area contributed by atoms with Crippen LogP contribution in [0.15, 0.2) is 60.9 Å². The van der Waals surface area contributed by atoms with Crippen LogP contribution in [0.5, 0.6) is 0 Å². The van der Waals surface area contributed by atoms with Gasteiger partial charge in [-0.1, -0.05) is 0 Å². The number of carbonyl (C=O) groups is 1. The molecule has 0 amide bonds. The number of aromatic amines is 1. The fourth-order valence-electron chi connectivity index (χ4n) is 3.55. The molecule has 0 spiro atoms. The predicted molar refractivity (Wildman–Crippen MR) is 117 cm³/mol. The highest BCUT2D eigenvalue weighted by molar-refractivity contribution is 7.21. The van der Waals surface area contributed by atoms with E-state index in [4.69, 9.17) is 0 Å². The molecule has 0 saturated heterocycles. The summed E-state index contributed by atoms with van der Waals surface area (Å²) in [6, 6.07) is 14.4. The molecule has 2 N–H and O–H groups in total. The van der Waals surface area contributed by atoms with Gasteiger partial charge in [0.1, 0.15) is 16.9 Å². The molecule has 0 aliphatic heterocycles. The fourth-order valence-corrected chi connectivity index (χ4v) is 4.59. The van der Waals surface area contributed by atoms with Gasteiger partial charge in [0.05, 0.1) is 5.69 Å². The molecule has 2 aromatic carbocycles. The number of thiophene rings is 1. The summed E-state index contributed by atoms with van der Waals surface area (Å²) in [6.45, 7) is 2.08. The Morgan fingerprint density at radius 1 is 1.07 bits per heavy atom. The summed E-state index contributed by atoms with van der Waals surface area (Å²) >= 11 is 1.40. The summed E-state index contributed by atoms with van der Waals surface area (Å²) in [7, 11) is 0. The lowest BCUT2D eigenvalue weighted by atomic mass is 10.1. The first-order chi connectivity index (χ1) is 14.1. The van der Waals surface area contributed by atoms with Crippen molar-refractivity contribution in [3.63, 3.8) is 0 Å². The number of H-pyrrole nitrogens is 1. The van der Waals surface area contributed by atoms with E-state index < -0.39 is 0 Å². The highest BCUT2D eigenvalue weighted by atomic mass is 32.1. The first-order valence-corrected chi connectivity index (χ1v) is 9.93. The highest BCUT2D eigenvalue weighted by Gasteiger charge is 2.14. The molecule has 0 atom stereocenters. The molecule has 4 nitrogen and oxygen atoms in total. The van der Waals surface area contributed by atoms with E-state index in [0.717, 1.165) is 43.8 Å². The number of halogens is 1. The van der Waals surface area contributed by atoms with Gasteiger partial charge in [-0.2, -0.15) is 0 Å². The Kier molecular flexibility index (Phi) is 4.14. The second-order valence-electron chi connectivity index (χ2n) is 6.85. The van der Waals surface area contributed by atoms with E-state index in [1.165, 1.54) is 28.9 Å². The van der Waals surface area contributed by atoms with Gasteiger partial charge in [0.25, 0.3) is 0 Å². The summed E-state index contributed by atoms with van der Waals surface area (Å²) in [5.41, 5.74) is 5.01. The molecule has 0 aliphatic rings. The van der Waals surface area contributed by atoms with Crippen molar-refractivity contribution in [3.05, 3.63) is 77.9 Å². The zero-order chi connectivity index (χ0) is 20.0. The average molecular weight is 401 g/mol. The third-order valence-corrected chi connectivity index (χ3v) is 6.18. The Labute approximate surface area is 170 Å². The van der Waals surface area contributed by atoms with E-state index in [1.54, 1.807) is 12.3 Å². The van der Waals surface area contributed by atoms with Gasteiger partial charge in [-0.25, -0.2) is 9.37 Å². The van der Waals surface area contributed by atoms with Crippen molar-refractivity contribution in [2.45, 2.75) is 6.92 Å². The topological polar surface area (TPSA) is 57.8 Å². The summed E-state index contributed by atoms with van der Waals surface area (Å²) in [5.74, 6) is -0.356. The molecule has 29 heavy (non-hydrogen) atoms. The Bertz CT molecular complexity index is 1390. The summed E-state index contributed by atoms with van der Waals surface area (Å²) in [4.78, 5) is 20.3. The molecule has 3 aromatic heterocycles. The monoisotopic (exact) mass is 401 g/mol. The Morgan fingerprint density at radius 2 is 1.97 bits per heavy atom. The van der Waals surface area contributed by atoms with E-state index in [9.17, 15) is 9.18 Å². The third kappa shape index (κ3) is 2.98. The van der Waals surface area contributed by atoms with Crippen LogP contribution in [-0.4, -0.2) is 16.3 Å². The minimum absolute atomic E-state index is 0.356. The van der Waals surface area contributed by atoms with Crippen molar-refractivity contribution in [1.29, 1.82) is 0 Å². The van der Waals surface area contributed by atoms with Crippen LogP contribution in [0, 0.1) is 12.7 Å². The number of benzene rings is 2. The van der Waals surface area contributed by atoms with E-state index in [1.807, 2.05) is 30.5 Å². The maximum absolute atomic E-state index is 14.4. The molecule has 5 rings (SSSR count). The van der Waals surface area contributed by atoms with Crippen LogP contribution in [-0.2, 0) is 0 Å². The van der Waals surface area contributed by atoms with Crippen LogP contribution in [0.3, 0.4) is 0 Å². The van der Waals surface area contributed by atoms with Crippen molar-refractivity contribution in [3.8, 4) is 10.4 Å². The third-order valence-electron chi connectivity index (χ3n) is 5.10. The number of carbonyl (C=O) groups excluding carboxylic acids is 1. The number of nitrogens with one attached hydrogen (secondary N) is 2. The van der Waals surface area contributed by atoms with Crippen molar-refractivity contribution in [2.75, 3.05) is 5.32 Å². The second kappa shape index (κ2) is 6.83. The van der Waals surface area contributed by atoms with Gasteiger partial charge in [0.15, 0.2) is 0 Å². The molecule has 3 heterocycles. The zero-order valence-corrected chi connectivity index (χ0v) is 16.3. The summed E-state index contributed by atoms with van der Waals surface area (Å²) < 4.78 is 14.4. The van der Waals surface area contributed by atoms with Crippen molar-refractivity contribution >= 4 is 50.1 Å². The quantitative estimate of drug-likeness (QED) is 0.340. The number of fused-ring (bicyclic) bond motifs is 2. The van der Waals surface area contributed by atoms with Gasteiger partial charge in [0, 0.05) is 50.4 Å². The van der Waals surface area contributed by atoms with Gasteiger partial charge in [-0.15, -0.1) is 11.3 Å². The minimum atomic E-state index is -0.356. The number of pyridine rings is 1. The first-order valence-electron chi connectivity index (χ1n) is 9.11. The van der Waals surface area contributed by atoms with Crippen molar-refractivity contribution < 1.29 is 9.18 Å². The number of nitrogens with zero attached hydrogens (tertiary/aromatic N) is 1. The van der Waals surface area contributed by atoms with Crippen LogP contribution in [0.2, 0.25) is 0 Å². The minimum Gasteiger partial charge on any atom is -0.361 e. The van der Waals surface area contributed by atoms with Gasteiger partial charge in [0.2, 0.25) is 0 Å². The Morgan fingerprint density at radius 3 is 2.83 bits per heavy atom. The first kappa shape index (κ1) is 17.6. The zero-order valence-electron chi connectivity index (χ0n) is 15.5. The Balaban J connectivity index is 1.60. The molecular formula is C23H16FN3OS. The lowest BCUT2D eigenvalue weighted by Gasteiger charge is -2.11. The molecule has 142 valence electrons. The SMILES string of the molecule is Cc1c(Nc2ccnc3sc(-c4cc(C=O)ccc4F)cc23)ccc2[nH]ccc12. The molecule has 0 radical (unpaired) electrons. The highest BCUT2D eigenvalue weighted by Crippen LogP contribution is 2.38. The molecule has 0 unspecified atom stereocenters. The lowest BCUT2D eigenvalue weighted by molar-refractivity contribution is 0.112. The molecule has 6 heteroatoms. The van der Waals surface area contributed by atoms with Gasteiger partial charge >= 0.3 is 0 Å². The van der Waals surface area contributed by atoms with Crippen LogP contribution >= 0.6 is 11.3 Å². The van der Waals surface area contributed by atoms with Crippen LogP contribution in [0.1, 0.15) is 15.9 Å². The fraction of sp³-hybridized carbons (Fsp3) is 0.0435. The van der Waals surface area contributed by atoms with E-state index >= 15 is 0 Å². The normalized spacial score (nSPS) is 11.2. The number of aldehydes is 1. The smallest absolute Gasteiger partial charge is 0.150 e. The van der Waals surface area contributed by atoms with E-state index in [0.29, 0.717) is 11.1 Å². The van der Waals surface area contributed by atoms with Crippen LogP contribution in [0.4, 0.5) is 15.8 Å². The number of hydrogen-bond acceptors (Lipinski definition) is 4. The number of aryl methyl sites for hydroxylation is 1. The van der Waals surface area contributed by atoms with Gasteiger partial charge in [-0.3, -0.25) is 4.79 Å². The summed E-state index contributed by atoms with van der Waals surface area (Å²) in [5, 5.41) is 5.58. The standard InChI is InChI=1S/C23H16FN3OS/c1-13-15-6-8-25-20(15)5-4-19(13)27-21-7-9-26-23-17(21)11-22(29-23)16-10-14(12-28)2-3-18(16)24/h2-12,25H,1H3,(H,26,27). The van der Waals surface area contributed by atoms with Crippen LogP contribution in [0.25, 0.3) is 31.6 Å². The van der Waals surface area contributed by atoms with Gasteiger partial charge in [-0.05, 0) is 61.0 Å². The maximum atomic E-state index is 14.4. The van der Waals surface area contributed by atoms with Gasteiger partial charge < -0.3 is 10.3 Å². The van der Waals surface area contributed by atoms with E-state index in [2.05, 4.69) is 28.3 Å². The maximum Gasteiger partial charge on any atom is 0.150 e. The molecule has 0 bridgehead atoms. The molecule has 5 aromatic rings. The number of rotatable bonds is 4. The second-order valence-corrected chi connectivity index (χ2v) is 7.88. The van der Waals surface area contributed by atoms with E-state index in [-0.39, 0.29) is 5.82 Å². The largest absolute Gasteiger partial charge is 0.361 e. The number of hydrogen-bond donors (Lipinski definition) is 2.